The van der Waals surface area contributed by atoms with Crippen LogP contribution in [0.3, 0.4) is 0 Å². The van der Waals surface area contributed by atoms with E-state index >= 15 is 0 Å². The molecule has 2 aromatic carbocycles. The monoisotopic (exact) mass is 260 g/mol. The first-order valence-corrected chi connectivity index (χ1v) is 5.84. The number of halogens is 1. The third-order valence-electron chi connectivity index (χ3n) is 2.63. The Balaban J connectivity index is 2.08. The maximum Gasteiger partial charge on any atom is 0.345 e. The second-order valence-electron chi connectivity index (χ2n) is 4.09. The van der Waals surface area contributed by atoms with Crippen LogP contribution in [0.1, 0.15) is 5.56 Å². The Labute approximate surface area is 110 Å². The fraction of sp³-hybridized carbons (Fsp3) is 0.133. The molecule has 2 aromatic rings. The summed E-state index contributed by atoms with van der Waals surface area (Å²) in [5.74, 6) is -0.898. The number of hydrogen-bond donors (Lipinski definition) is 1. The third kappa shape index (κ3) is 3.81. The number of carboxylic acid groups (broad SMARTS) is 1. The lowest BCUT2D eigenvalue weighted by atomic mass is 10.1. The molecule has 0 fully saturated rings. The van der Waals surface area contributed by atoms with Gasteiger partial charge in [0.2, 0.25) is 0 Å². The topological polar surface area (TPSA) is 46.5 Å². The molecule has 0 saturated heterocycles. The van der Waals surface area contributed by atoms with Gasteiger partial charge < -0.3 is 9.84 Å². The number of carboxylic acids is 1. The van der Waals surface area contributed by atoms with E-state index in [1.165, 1.54) is 12.1 Å². The summed E-state index contributed by atoms with van der Waals surface area (Å²) in [7, 11) is 0. The molecule has 0 saturated carbocycles. The summed E-state index contributed by atoms with van der Waals surface area (Å²) in [5.41, 5.74) is 0.713. The molecular weight excluding hydrogens is 247 g/mol. The van der Waals surface area contributed by atoms with Gasteiger partial charge in [0.15, 0.2) is 6.10 Å². The first-order chi connectivity index (χ1) is 9.15. The van der Waals surface area contributed by atoms with Crippen molar-refractivity contribution in [1.29, 1.82) is 0 Å². The van der Waals surface area contributed by atoms with Gasteiger partial charge >= 0.3 is 5.97 Å². The zero-order chi connectivity index (χ0) is 13.7. The summed E-state index contributed by atoms with van der Waals surface area (Å²) in [6.45, 7) is 0. The van der Waals surface area contributed by atoms with Crippen molar-refractivity contribution in [3.05, 3.63) is 66.0 Å². The molecule has 19 heavy (non-hydrogen) atoms. The Morgan fingerprint density at radius 2 is 1.74 bits per heavy atom. The molecular formula is C15H13FO3. The summed E-state index contributed by atoms with van der Waals surface area (Å²) >= 11 is 0. The predicted octanol–water partition coefficient (Wildman–Crippen LogP) is 2.90. The molecule has 0 spiro atoms. The lowest BCUT2D eigenvalue weighted by Gasteiger charge is -2.15. The Morgan fingerprint density at radius 1 is 1.11 bits per heavy atom. The SMILES string of the molecule is O=C(O)[C@H](Cc1ccc(F)cc1)Oc1ccccc1. The van der Waals surface area contributed by atoms with Crippen LogP contribution in [-0.4, -0.2) is 17.2 Å². The molecule has 0 radical (unpaired) electrons. The largest absolute Gasteiger partial charge is 0.478 e. The van der Waals surface area contributed by atoms with E-state index in [0.717, 1.165) is 0 Å². The van der Waals surface area contributed by atoms with Gasteiger partial charge in [0.1, 0.15) is 11.6 Å². The number of carbonyl (C=O) groups is 1. The summed E-state index contributed by atoms with van der Waals surface area (Å²) in [6, 6.07) is 14.5. The molecule has 0 aliphatic rings. The van der Waals surface area contributed by atoms with Gasteiger partial charge in [-0.15, -0.1) is 0 Å². The molecule has 0 bridgehead atoms. The fourth-order valence-corrected chi connectivity index (χ4v) is 1.68. The van der Waals surface area contributed by atoms with Gasteiger partial charge in [0, 0.05) is 6.42 Å². The average molecular weight is 260 g/mol. The number of ether oxygens (including phenoxy) is 1. The van der Waals surface area contributed by atoms with Crippen molar-refractivity contribution in [2.45, 2.75) is 12.5 Å². The second kappa shape index (κ2) is 6.00. The van der Waals surface area contributed by atoms with E-state index in [9.17, 15) is 9.18 Å². The lowest BCUT2D eigenvalue weighted by molar-refractivity contribution is -0.145. The van der Waals surface area contributed by atoms with Gasteiger partial charge in [-0.2, -0.15) is 0 Å². The number of hydrogen-bond acceptors (Lipinski definition) is 2. The van der Waals surface area contributed by atoms with Crippen molar-refractivity contribution in [2.75, 3.05) is 0 Å². The minimum absolute atomic E-state index is 0.185. The highest BCUT2D eigenvalue weighted by molar-refractivity contribution is 5.73. The van der Waals surface area contributed by atoms with Crippen molar-refractivity contribution in [1.82, 2.24) is 0 Å². The van der Waals surface area contributed by atoms with Crippen molar-refractivity contribution >= 4 is 5.97 Å². The van der Waals surface area contributed by atoms with E-state index in [-0.39, 0.29) is 12.2 Å². The molecule has 2 rings (SSSR count). The summed E-state index contributed by atoms with van der Waals surface area (Å²) in [4.78, 5) is 11.2. The van der Waals surface area contributed by atoms with Crippen molar-refractivity contribution in [3.63, 3.8) is 0 Å². The van der Waals surface area contributed by atoms with Crippen LogP contribution in [0, 0.1) is 5.82 Å². The fourth-order valence-electron chi connectivity index (χ4n) is 1.68. The van der Waals surface area contributed by atoms with Crippen molar-refractivity contribution < 1.29 is 19.0 Å². The standard InChI is InChI=1S/C15H13FO3/c16-12-8-6-11(7-9-12)10-14(15(17)18)19-13-4-2-1-3-5-13/h1-9,14H,10H2,(H,17,18)/t14-/m0/s1. The maximum atomic E-state index is 12.8. The van der Waals surface area contributed by atoms with Crippen LogP contribution in [-0.2, 0) is 11.2 Å². The van der Waals surface area contributed by atoms with E-state index < -0.39 is 12.1 Å². The molecule has 0 aliphatic carbocycles. The molecule has 0 unspecified atom stereocenters. The summed E-state index contributed by atoms with van der Waals surface area (Å²) in [5, 5.41) is 9.15. The Kier molecular flexibility index (Phi) is 4.13. The van der Waals surface area contributed by atoms with Gasteiger partial charge in [0.05, 0.1) is 0 Å². The smallest absolute Gasteiger partial charge is 0.345 e. The summed E-state index contributed by atoms with van der Waals surface area (Å²) in [6.07, 6.45) is -0.808. The molecule has 1 N–H and O–H groups in total. The zero-order valence-electron chi connectivity index (χ0n) is 10.1. The number of rotatable bonds is 5. The minimum Gasteiger partial charge on any atom is -0.478 e. The predicted molar refractivity (Wildman–Crippen MR) is 68.6 cm³/mol. The molecule has 0 amide bonds. The Hall–Kier alpha value is -2.36. The molecule has 1 atom stereocenters. The highest BCUT2D eigenvalue weighted by Crippen LogP contribution is 2.14. The van der Waals surface area contributed by atoms with Crippen LogP contribution >= 0.6 is 0 Å². The van der Waals surface area contributed by atoms with Crippen LogP contribution in [0.5, 0.6) is 5.75 Å². The van der Waals surface area contributed by atoms with Gasteiger partial charge in [-0.3, -0.25) is 0 Å². The third-order valence-corrected chi connectivity index (χ3v) is 2.63. The molecule has 0 heterocycles. The number of benzene rings is 2. The molecule has 3 nitrogen and oxygen atoms in total. The van der Waals surface area contributed by atoms with E-state index in [4.69, 9.17) is 9.84 Å². The van der Waals surface area contributed by atoms with E-state index in [1.807, 2.05) is 6.07 Å². The molecule has 98 valence electrons. The van der Waals surface area contributed by atoms with Crippen molar-refractivity contribution in [2.24, 2.45) is 0 Å². The second-order valence-corrected chi connectivity index (χ2v) is 4.09. The quantitative estimate of drug-likeness (QED) is 0.899. The van der Waals surface area contributed by atoms with Gasteiger partial charge in [-0.25, -0.2) is 9.18 Å². The minimum atomic E-state index is -1.05. The van der Waals surface area contributed by atoms with Crippen LogP contribution in [0.15, 0.2) is 54.6 Å². The van der Waals surface area contributed by atoms with Crippen LogP contribution in [0.4, 0.5) is 4.39 Å². The highest BCUT2D eigenvalue weighted by atomic mass is 19.1. The molecule has 0 aliphatic heterocycles. The average Bonchev–Trinajstić information content (AvgIpc) is 2.41. The first kappa shape index (κ1) is 13.1. The maximum absolute atomic E-state index is 12.8. The van der Waals surface area contributed by atoms with Crippen LogP contribution < -0.4 is 4.74 Å². The van der Waals surface area contributed by atoms with Crippen LogP contribution in [0.25, 0.3) is 0 Å². The summed E-state index contributed by atoms with van der Waals surface area (Å²) < 4.78 is 18.2. The molecule has 4 heteroatoms. The van der Waals surface area contributed by atoms with Gasteiger partial charge in [0.25, 0.3) is 0 Å². The first-order valence-electron chi connectivity index (χ1n) is 5.84. The Bertz CT molecular complexity index is 537. The normalized spacial score (nSPS) is 11.8. The number of para-hydroxylation sites is 1. The zero-order valence-corrected chi connectivity index (χ0v) is 10.1. The lowest BCUT2D eigenvalue weighted by Crippen LogP contribution is -2.29. The molecule has 0 aromatic heterocycles. The van der Waals surface area contributed by atoms with Crippen molar-refractivity contribution in [3.8, 4) is 5.75 Å². The van der Waals surface area contributed by atoms with Crippen LogP contribution in [0.2, 0.25) is 0 Å². The van der Waals surface area contributed by atoms with Gasteiger partial charge in [-0.1, -0.05) is 30.3 Å². The Morgan fingerprint density at radius 3 is 2.32 bits per heavy atom. The van der Waals surface area contributed by atoms with E-state index in [0.29, 0.717) is 11.3 Å². The van der Waals surface area contributed by atoms with E-state index in [1.54, 1.807) is 36.4 Å². The highest BCUT2D eigenvalue weighted by Gasteiger charge is 2.19. The number of aliphatic carboxylic acids is 1. The van der Waals surface area contributed by atoms with Gasteiger partial charge in [-0.05, 0) is 29.8 Å². The van der Waals surface area contributed by atoms with E-state index in [2.05, 4.69) is 0 Å².